The van der Waals surface area contributed by atoms with Gasteiger partial charge >= 0.3 is 5.97 Å². The van der Waals surface area contributed by atoms with E-state index in [2.05, 4.69) is 21.2 Å². The van der Waals surface area contributed by atoms with Crippen LogP contribution >= 0.6 is 27.5 Å². The molecule has 2 aromatic rings. The largest absolute Gasteiger partial charge is 0.463 e. The first kappa shape index (κ1) is 35.3. The predicted octanol–water partition coefficient (Wildman–Crippen LogP) is 5.16. The molecule has 49 heavy (non-hydrogen) atoms. The van der Waals surface area contributed by atoms with Gasteiger partial charge in [0.05, 0.1) is 28.6 Å². The Morgan fingerprint density at radius 3 is 2.53 bits per heavy atom. The Bertz CT molecular complexity index is 1630. The molecule has 4 aliphatic rings. The number of aliphatic hydroxyl groups excluding tert-OH is 1. The number of para-hydroxylation sites is 1. The van der Waals surface area contributed by atoms with Crippen molar-refractivity contribution in [2.24, 2.45) is 11.8 Å². The lowest BCUT2D eigenvalue weighted by atomic mass is 9.74. The van der Waals surface area contributed by atoms with Crippen molar-refractivity contribution in [1.82, 2.24) is 10.2 Å². The zero-order chi connectivity index (χ0) is 34.7. The summed E-state index contributed by atoms with van der Waals surface area (Å²) >= 11 is 10.4. The molecule has 2 saturated heterocycles. The number of nitrogens with zero attached hydrogens (tertiary/aromatic N) is 2. The maximum atomic E-state index is 15.1. The van der Waals surface area contributed by atoms with Gasteiger partial charge in [-0.05, 0) is 49.5 Å². The van der Waals surface area contributed by atoms with Crippen LogP contribution in [0.4, 0.5) is 5.69 Å². The number of unbranched alkanes of at least 4 members (excludes halogenated alkanes) is 3. The van der Waals surface area contributed by atoms with Gasteiger partial charge in [0, 0.05) is 30.6 Å². The molecule has 3 amide bonds. The predicted molar refractivity (Wildman–Crippen MR) is 188 cm³/mol. The topological polar surface area (TPSA) is 125 Å². The zero-order valence-corrected chi connectivity index (χ0v) is 29.7. The van der Waals surface area contributed by atoms with Gasteiger partial charge in [0.2, 0.25) is 11.8 Å². The van der Waals surface area contributed by atoms with E-state index in [4.69, 9.17) is 21.1 Å². The smallest absolute Gasteiger partial charge is 0.306 e. The summed E-state index contributed by atoms with van der Waals surface area (Å²) in [5.74, 6) is -3.47. The van der Waals surface area contributed by atoms with E-state index < -0.39 is 47.5 Å². The fourth-order valence-electron chi connectivity index (χ4n) is 7.61. The Labute approximate surface area is 299 Å². The quantitative estimate of drug-likeness (QED) is 0.217. The number of halogens is 2. The highest BCUT2D eigenvalue weighted by Crippen LogP contribution is 2.59. The third-order valence-electron chi connectivity index (χ3n) is 9.89. The molecule has 0 aliphatic carbocycles. The molecular weight excluding hydrogens is 714 g/mol. The lowest BCUT2D eigenvalue weighted by Gasteiger charge is -2.36. The van der Waals surface area contributed by atoms with Crippen molar-refractivity contribution in [3.8, 4) is 0 Å². The monoisotopic (exact) mass is 753 g/mol. The summed E-state index contributed by atoms with van der Waals surface area (Å²) in [6.45, 7) is 2.28. The molecular formula is C37H41BrClN3O7. The summed E-state index contributed by atoms with van der Waals surface area (Å²) in [5, 5.41) is 12.7. The van der Waals surface area contributed by atoms with E-state index in [-0.39, 0.29) is 44.5 Å². The highest BCUT2D eigenvalue weighted by molar-refractivity contribution is 9.11. The van der Waals surface area contributed by atoms with Crippen LogP contribution in [0.3, 0.4) is 0 Å². The van der Waals surface area contributed by atoms with Crippen molar-refractivity contribution in [2.75, 3.05) is 31.2 Å². The van der Waals surface area contributed by atoms with Gasteiger partial charge in [-0.1, -0.05) is 95.0 Å². The Morgan fingerprint density at radius 1 is 1.00 bits per heavy atom. The fourth-order valence-corrected chi connectivity index (χ4v) is 8.67. The van der Waals surface area contributed by atoms with Gasteiger partial charge < -0.3 is 29.7 Å². The van der Waals surface area contributed by atoms with E-state index in [0.29, 0.717) is 34.5 Å². The lowest BCUT2D eigenvalue weighted by molar-refractivity contribution is -0.145. The van der Waals surface area contributed by atoms with Crippen molar-refractivity contribution in [3.05, 3.63) is 87.4 Å². The fraction of sp³-hybridized carbons (Fsp3) is 0.459. The first-order valence-electron chi connectivity index (χ1n) is 16.9. The van der Waals surface area contributed by atoms with Crippen LogP contribution in [0.5, 0.6) is 0 Å². The Kier molecular flexibility index (Phi) is 10.9. The number of carbonyl (C=O) groups excluding carboxylic acids is 4. The number of ether oxygens (including phenoxy) is 2. The lowest BCUT2D eigenvalue weighted by Crippen LogP contribution is -2.56. The molecule has 6 rings (SSSR count). The second-order valence-electron chi connectivity index (χ2n) is 13.0. The third kappa shape index (κ3) is 6.82. The summed E-state index contributed by atoms with van der Waals surface area (Å²) in [6, 6.07) is 12.9. The van der Waals surface area contributed by atoms with E-state index >= 15 is 4.79 Å². The first-order chi connectivity index (χ1) is 23.7. The van der Waals surface area contributed by atoms with Crippen LogP contribution in [-0.2, 0) is 28.7 Å². The number of allylic oxidation sites excluding steroid dienone is 1. The van der Waals surface area contributed by atoms with E-state index in [0.717, 1.165) is 24.0 Å². The summed E-state index contributed by atoms with van der Waals surface area (Å²) in [4.78, 5) is 60.0. The van der Waals surface area contributed by atoms with Crippen LogP contribution < -0.4 is 10.2 Å². The second-order valence-corrected chi connectivity index (χ2v) is 14.3. The number of aliphatic hydroxyl groups is 1. The van der Waals surface area contributed by atoms with Crippen LogP contribution in [0.25, 0.3) is 0 Å². The van der Waals surface area contributed by atoms with E-state index in [9.17, 15) is 19.5 Å². The van der Waals surface area contributed by atoms with E-state index in [1.165, 1.54) is 0 Å². The van der Waals surface area contributed by atoms with E-state index in [1.807, 2.05) is 61.5 Å². The molecule has 260 valence electrons. The molecule has 0 saturated carbocycles. The normalized spacial score (nSPS) is 29.5. The maximum Gasteiger partial charge on any atom is 0.306 e. The van der Waals surface area contributed by atoms with Gasteiger partial charge in [-0.25, -0.2) is 0 Å². The second kappa shape index (κ2) is 15.2. The Balaban J connectivity index is 1.44. The van der Waals surface area contributed by atoms with Gasteiger partial charge in [-0.15, -0.1) is 0 Å². The number of aryl methyl sites for hydroxylation is 1. The molecule has 2 aromatic carbocycles. The first-order valence-corrected chi connectivity index (χ1v) is 18.0. The number of rotatable bonds is 8. The van der Waals surface area contributed by atoms with Crippen LogP contribution in [0.1, 0.15) is 55.7 Å². The van der Waals surface area contributed by atoms with Gasteiger partial charge in [-0.3, -0.25) is 19.2 Å². The van der Waals surface area contributed by atoms with Gasteiger partial charge in [0.25, 0.3) is 5.91 Å². The molecule has 1 spiro atoms. The highest BCUT2D eigenvalue weighted by atomic mass is 79.9. The van der Waals surface area contributed by atoms with Crippen molar-refractivity contribution in [1.29, 1.82) is 0 Å². The number of anilines is 1. The van der Waals surface area contributed by atoms with Crippen LogP contribution in [0.2, 0.25) is 5.02 Å². The molecule has 10 nitrogen and oxygen atoms in total. The molecule has 4 heterocycles. The minimum absolute atomic E-state index is 0.0854. The minimum Gasteiger partial charge on any atom is -0.463 e. The third-order valence-corrected chi connectivity index (χ3v) is 10.9. The van der Waals surface area contributed by atoms with Crippen molar-refractivity contribution in [3.63, 3.8) is 0 Å². The number of cyclic esters (lactones) is 1. The number of esters is 1. The number of likely N-dealkylation sites (tertiary alicyclic amines) is 1. The van der Waals surface area contributed by atoms with E-state index in [1.54, 1.807) is 21.9 Å². The Hall–Kier alpha value is -3.51. The summed E-state index contributed by atoms with van der Waals surface area (Å²) < 4.78 is 12.9. The average molecular weight is 755 g/mol. The zero-order valence-electron chi connectivity index (χ0n) is 27.4. The number of carbonyl (C=O) groups is 4. The average Bonchev–Trinajstić information content (AvgIpc) is 3.68. The molecule has 2 fully saturated rings. The van der Waals surface area contributed by atoms with Gasteiger partial charge in [-0.2, -0.15) is 0 Å². The highest BCUT2D eigenvalue weighted by Gasteiger charge is 2.74. The molecule has 0 unspecified atom stereocenters. The summed E-state index contributed by atoms with van der Waals surface area (Å²) in [5.41, 5.74) is 0.623. The number of hydrogen-bond acceptors (Lipinski definition) is 7. The number of amides is 3. The van der Waals surface area contributed by atoms with Crippen LogP contribution in [0, 0.1) is 18.8 Å². The molecule has 2 N–H and O–H groups in total. The number of hydrogen-bond donors (Lipinski definition) is 2. The number of fused-ring (bicyclic) bond motifs is 2. The summed E-state index contributed by atoms with van der Waals surface area (Å²) in [7, 11) is 0. The van der Waals surface area contributed by atoms with Crippen molar-refractivity contribution < 1.29 is 33.8 Å². The van der Waals surface area contributed by atoms with Crippen molar-refractivity contribution in [2.45, 2.75) is 69.2 Å². The van der Waals surface area contributed by atoms with Gasteiger partial charge in [0.15, 0.2) is 0 Å². The number of benzene rings is 2. The molecule has 0 radical (unpaired) electrons. The minimum atomic E-state index is -1.41. The standard InChI is InChI=1S/C37H41BrClN3O7/c1-23-13-12-16-26(39)31(23)41-18-10-5-8-17-28(44)48-22-27(24-14-6-4-7-15-24)40-34(45)29-30-35(46)42(19-9-2-3-11-20-43)33(36(41)47)37(30)21-25(38)32(29)49-37/h4-7,10,12-16,21,27,29-30,32-33,43H,2-3,8-9,11,17-20,22H2,1H3,(H,40,45)/b10-5-/t27-,29-,30+,32-,33-,37+/m0/s1. The van der Waals surface area contributed by atoms with Crippen molar-refractivity contribution >= 4 is 56.9 Å². The molecule has 5 bridgehead atoms. The van der Waals surface area contributed by atoms with Crippen LogP contribution in [0.15, 0.2) is 71.2 Å². The number of nitrogens with one attached hydrogen (secondary N) is 1. The van der Waals surface area contributed by atoms with Crippen LogP contribution in [-0.4, -0.2) is 77.7 Å². The SMILES string of the molecule is Cc1cccc(Cl)c1N1C/C=C\CCC(=O)OC[C@@H](c2ccccc2)NC(=O)[C@@H]2[C@H]3O[C@@]4(C=C3Br)[C@H](C1=O)N(CCCCCCO)C(=O)[C@@H]24. The molecule has 4 aliphatic heterocycles. The molecule has 6 atom stereocenters. The summed E-state index contributed by atoms with van der Waals surface area (Å²) in [6.07, 6.45) is 7.94. The Morgan fingerprint density at radius 2 is 1.78 bits per heavy atom. The van der Waals surface area contributed by atoms with Gasteiger partial charge in [0.1, 0.15) is 24.4 Å². The maximum absolute atomic E-state index is 15.1. The molecule has 0 aromatic heterocycles. The molecule has 12 heteroatoms.